The maximum atomic E-state index is 12.1. The monoisotopic (exact) mass is 245 g/mol. The summed E-state index contributed by atoms with van der Waals surface area (Å²) in [7, 11) is 0. The van der Waals surface area contributed by atoms with E-state index < -0.39 is 0 Å². The number of furan rings is 1. The molecule has 5 nitrogen and oxygen atoms in total. The number of amides is 1. The number of rotatable bonds is 3. The fraction of sp³-hybridized carbons (Fsp3) is 0.385. The Bertz CT molecular complexity index is 552. The molecule has 3 rings (SSSR count). The summed E-state index contributed by atoms with van der Waals surface area (Å²) in [6, 6.07) is 3.78. The summed E-state index contributed by atoms with van der Waals surface area (Å²) >= 11 is 0. The van der Waals surface area contributed by atoms with E-state index in [1.54, 1.807) is 6.26 Å². The molecule has 94 valence electrons. The predicted octanol–water partition coefficient (Wildman–Crippen LogP) is 2.36. The van der Waals surface area contributed by atoms with Crippen molar-refractivity contribution in [3.63, 3.8) is 0 Å². The van der Waals surface area contributed by atoms with Gasteiger partial charge >= 0.3 is 0 Å². The second-order valence-electron chi connectivity index (χ2n) is 4.76. The smallest absolute Gasteiger partial charge is 0.228 e. The standard InChI is InChI=1S/C13H15N3O2/c1-7-12(8(2)16-15-7)14-13(17)10-6-9(10)11-4-3-5-18-11/h3-5,9-10H,6H2,1-2H3,(H,14,17)(H,15,16). The summed E-state index contributed by atoms with van der Waals surface area (Å²) in [6.07, 6.45) is 2.50. The maximum absolute atomic E-state index is 12.1. The minimum absolute atomic E-state index is 0.0184. The van der Waals surface area contributed by atoms with Crippen LogP contribution in [0.2, 0.25) is 0 Å². The first-order valence-electron chi connectivity index (χ1n) is 6.02. The minimum Gasteiger partial charge on any atom is -0.469 e. The SMILES string of the molecule is Cc1n[nH]c(C)c1NC(=O)C1CC1c1ccco1. The molecule has 1 aliphatic rings. The summed E-state index contributed by atoms with van der Waals surface area (Å²) in [6.45, 7) is 3.77. The summed E-state index contributed by atoms with van der Waals surface area (Å²) in [5.41, 5.74) is 2.50. The number of hydrogen-bond donors (Lipinski definition) is 2. The van der Waals surface area contributed by atoms with E-state index in [1.807, 2.05) is 26.0 Å². The van der Waals surface area contributed by atoms with Crippen LogP contribution in [0.4, 0.5) is 5.69 Å². The van der Waals surface area contributed by atoms with Crippen molar-refractivity contribution in [1.82, 2.24) is 10.2 Å². The van der Waals surface area contributed by atoms with Crippen LogP contribution in [0.15, 0.2) is 22.8 Å². The molecule has 2 atom stereocenters. The van der Waals surface area contributed by atoms with Gasteiger partial charge in [0.05, 0.1) is 23.3 Å². The Morgan fingerprint density at radius 3 is 3.00 bits per heavy atom. The lowest BCUT2D eigenvalue weighted by atomic mass is 10.2. The van der Waals surface area contributed by atoms with Crippen molar-refractivity contribution in [1.29, 1.82) is 0 Å². The van der Waals surface area contributed by atoms with E-state index in [9.17, 15) is 4.79 Å². The minimum atomic E-state index is 0.0184. The summed E-state index contributed by atoms with van der Waals surface area (Å²) < 4.78 is 5.32. The first-order chi connectivity index (χ1) is 8.66. The van der Waals surface area contributed by atoms with E-state index in [0.29, 0.717) is 0 Å². The highest BCUT2D eigenvalue weighted by atomic mass is 16.3. The average molecular weight is 245 g/mol. The van der Waals surface area contributed by atoms with E-state index in [1.165, 1.54) is 0 Å². The van der Waals surface area contributed by atoms with E-state index in [-0.39, 0.29) is 17.7 Å². The van der Waals surface area contributed by atoms with E-state index in [2.05, 4.69) is 15.5 Å². The molecule has 0 bridgehead atoms. The van der Waals surface area contributed by atoms with Gasteiger partial charge in [-0.2, -0.15) is 5.10 Å². The van der Waals surface area contributed by atoms with Gasteiger partial charge < -0.3 is 9.73 Å². The number of anilines is 1. The van der Waals surface area contributed by atoms with Gasteiger partial charge in [-0.15, -0.1) is 0 Å². The number of carbonyl (C=O) groups is 1. The molecule has 2 aromatic rings. The Morgan fingerprint density at radius 1 is 1.56 bits per heavy atom. The summed E-state index contributed by atoms with van der Waals surface area (Å²) in [5, 5.41) is 9.85. The zero-order chi connectivity index (χ0) is 12.7. The van der Waals surface area contributed by atoms with Crippen LogP contribution in [0, 0.1) is 19.8 Å². The molecule has 2 aromatic heterocycles. The van der Waals surface area contributed by atoms with E-state index in [4.69, 9.17) is 4.42 Å². The molecule has 2 N–H and O–H groups in total. The van der Waals surface area contributed by atoms with Crippen molar-refractivity contribution in [3.05, 3.63) is 35.5 Å². The quantitative estimate of drug-likeness (QED) is 0.872. The third-order valence-electron chi connectivity index (χ3n) is 3.41. The van der Waals surface area contributed by atoms with Gasteiger partial charge in [0, 0.05) is 11.8 Å². The normalized spacial score (nSPS) is 21.9. The van der Waals surface area contributed by atoms with Gasteiger partial charge in [-0.25, -0.2) is 0 Å². The van der Waals surface area contributed by atoms with Crippen LogP contribution in [0.5, 0.6) is 0 Å². The van der Waals surface area contributed by atoms with Crippen LogP contribution in [0.1, 0.15) is 29.5 Å². The summed E-state index contributed by atoms with van der Waals surface area (Å²) in [4.78, 5) is 12.1. The first-order valence-corrected chi connectivity index (χ1v) is 6.02. The Hall–Kier alpha value is -2.04. The molecule has 0 aromatic carbocycles. The Labute approximate surface area is 105 Å². The topological polar surface area (TPSA) is 70.9 Å². The second-order valence-corrected chi connectivity index (χ2v) is 4.76. The number of aromatic amines is 1. The van der Waals surface area contributed by atoms with Crippen molar-refractivity contribution in [2.24, 2.45) is 5.92 Å². The molecule has 0 radical (unpaired) electrons. The Kier molecular flexibility index (Phi) is 2.47. The third-order valence-corrected chi connectivity index (χ3v) is 3.41. The highest BCUT2D eigenvalue weighted by Crippen LogP contribution is 2.48. The molecule has 5 heteroatoms. The number of aromatic nitrogens is 2. The fourth-order valence-corrected chi connectivity index (χ4v) is 2.25. The second kappa shape index (κ2) is 4.01. The molecule has 0 saturated heterocycles. The zero-order valence-corrected chi connectivity index (χ0v) is 10.4. The highest BCUT2D eigenvalue weighted by Gasteiger charge is 2.46. The number of nitrogens with zero attached hydrogens (tertiary/aromatic N) is 1. The molecular formula is C13H15N3O2. The lowest BCUT2D eigenvalue weighted by Crippen LogP contribution is -2.15. The summed E-state index contributed by atoms with van der Waals surface area (Å²) in [5.74, 6) is 1.19. The van der Waals surface area contributed by atoms with Gasteiger partial charge in [-0.1, -0.05) is 0 Å². The number of nitrogens with one attached hydrogen (secondary N) is 2. The molecule has 1 amide bonds. The van der Waals surface area contributed by atoms with Crippen molar-refractivity contribution in [2.75, 3.05) is 5.32 Å². The number of carbonyl (C=O) groups excluding carboxylic acids is 1. The van der Waals surface area contributed by atoms with Gasteiger partial charge in [0.25, 0.3) is 0 Å². The van der Waals surface area contributed by atoms with Crippen LogP contribution < -0.4 is 5.32 Å². The van der Waals surface area contributed by atoms with Crippen LogP contribution in [0.3, 0.4) is 0 Å². The molecule has 1 aliphatic carbocycles. The maximum Gasteiger partial charge on any atom is 0.228 e. The predicted molar refractivity (Wildman–Crippen MR) is 66.2 cm³/mol. The molecule has 2 unspecified atom stereocenters. The largest absolute Gasteiger partial charge is 0.469 e. The number of aryl methyl sites for hydroxylation is 2. The van der Waals surface area contributed by atoms with Crippen LogP contribution >= 0.6 is 0 Å². The van der Waals surface area contributed by atoms with Crippen molar-refractivity contribution < 1.29 is 9.21 Å². The molecule has 1 saturated carbocycles. The number of hydrogen-bond acceptors (Lipinski definition) is 3. The van der Waals surface area contributed by atoms with Crippen LogP contribution in [-0.2, 0) is 4.79 Å². The number of H-pyrrole nitrogens is 1. The van der Waals surface area contributed by atoms with Crippen LogP contribution in [-0.4, -0.2) is 16.1 Å². The lowest BCUT2D eigenvalue weighted by Gasteiger charge is -2.04. The van der Waals surface area contributed by atoms with Gasteiger partial charge in [0.15, 0.2) is 0 Å². The van der Waals surface area contributed by atoms with Gasteiger partial charge in [0.1, 0.15) is 5.76 Å². The molecule has 2 heterocycles. The van der Waals surface area contributed by atoms with Gasteiger partial charge in [-0.05, 0) is 32.4 Å². The van der Waals surface area contributed by atoms with Gasteiger partial charge in [-0.3, -0.25) is 9.89 Å². The Balaban J connectivity index is 1.68. The first kappa shape index (κ1) is 11.1. The third kappa shape index (κ3) is 1.81. The average Bonchev–Trinajstić information content (AvgIpc) is 2.86. The zero-order valence-electron chi connectivity index (χ0n) is 10.4. The molecule has 0 aliphatic heterocycles. The molecule has 18 heavy (non-hydrogen) atoms. The van der Waals surface area contributed by atoms with Crippen molar-refractivity contribution in [3.8, 4) is 0 Å². The lowest BCUT2D eigenvalue weighted by molar-refractivity contribution is -0.117. The van der Waals surface area contributed by atoms with E-state index >= 15 is 0 Å². The van der Waals surface area contributed by atoms with Crippen molar-refractivity contribution >= 4 is 11.6 Å². The molecule has 1 fully saturated rings. The van der Waals surface area contributed by atoms with Crippen LogP contribution in [0.25, 0.3) is 0 Å². The molecule has 0 spiro atoms. The molecular weight excluding hydrogens is 230 g/mol. The highest BCUT2D eigenvalue weighted by molar-refractivity contribution is 5.96. The van der Waals surface area contributed by atoms with Gasteiger partial charge in [0.2, 0.25) is 5.91 Å². The fourth-order valence-electron chi connectivity index (χ4n) is 2.25. The van der Waals surface area contributed by atoms with Crippen molar-refractivity contribution in [2.45, 2.75) is 26.2 Å². The Morgan fingerprint density at radius 2 is 2.39 bits per heavy atom. The van der Waals surface area contributed by atoms with E-state index in [0.717, 1.165) is 29.3 Å².